The zero-order chi connectivity index (χ0) is 18.4. The van der Waals surface area contributed by atoms with Gasteiger partial charge in [-0.25, -0.2) is 4.79 Å². The molecule has 0 aliphatic heterocycles. The number of hydrogen-bond donors (Lipinski definition) is 2. The summed E-state index contributed by atoms with van der Waals surface area (Å²) in [5.41, 5.74) is 1.43. The van der Waals surface area contributed by atoms with Crippen molar-refractivity contribution in [2.75, 3.05) is 19.7 Å². The number of amides is 2. The summed E-state index contributed by atoms with van der Waals surface area (Å²) in [6.45, 7) is 6.29. The molecule has 0 aromatic carbocycles. The van der Waals surface area contributed by atoms with Crippen LogP contribution in [0.15, 0.2) is 0 Å². The molecule has 0 aliphatic carbocycles. The third kappa shape index (κ3) is 4.97. The molecule has 0 spiro atoms. The fourth-order valence-electron chi connectivity index (χ4n) is 2.20. The first-order valence-electron chi connectivity index (χ1n) is 7.54. The summed E-state index contributed by atoms with van der Waals surface area (Å²) >= 11 is 0. The molecule has 0 fully saturated rings. The number of carbonyl (C=O) groups is 3. The number of aliphatic carboxylic acids is 1. The maximum Gasteiger partial charge on any atom is 0.326 e. The lowest BCUT2D eigenvalue weighted by atomic mass is 10.2. The van der Waals surface area contributed by atoms with E-state index in [1.165, 1.54) is 18.7 Å². The zero-order valence-corrected chi connectivity index (χ0v) is 14.6. The van der Waals surface area contributed by atoms with Crippen molar-refractivity contribution in [2.45, 2.75) is 33.7 Å². The van der Waals surface area contributed by atoms with Gasteiger partial charge in [0.2, 0.25) is 5.91 Å². The minimum atomic E-state index is -1.13. The van der Waals surface area contributed by atoms with E-state index in [2.05, 4.69) is 10.4 Å². The van der Waals surface area contributed by atoms with Crippen molar-refractivity contribution >= 4 is 17.8 Å². The highest BCUT2D eigenvalue weighted by Gasteiger charge is 2.26. The van der Waals surface area contributed by atoms with Crippen LogP contribution in [0.25, 0.3) is 0 Å². The van der Waals surface area contributed by atoms with Gasteiger partial charge in [-0.3, -0.25) is 14.3 Å². The third-order valence-electron chi connectivity index (χ3n) is 3.65. The van der Waals surface area contributed by atoms with E-state index in [0.717, 1.165) is 5.69 Å². The van der Waals surface area contributed by atoms with Gasteiger partial charge in [0, 0.05) is 27.1 Å². The van der Waals surface area contributed by atoms with Crippen LogP contribution in [0.2, 0.25) is 0 Å². The quantitative estimate of drug-likeness (QED) is 0.680. The maximum absolute atomic E-state index is 12.4. The van der Waals surface area contributed by atoms with E-state index in [4.69, 9.17) is 9.84 Å². The van der Waals surface area contributed by atoms with Crippen molar-refractivity contribution in [2.24, 2.45) is 7.05 Å². The van der Waals surface area contributed by atoms with Gasteiger partial charge in [-0.2, -0.15) is 5.10 Å². The summed E-state index contributed by atoms with van der Waals surface area (Å²) in [4.78, 5) is 35.6. The number of hydrogen-bond acceptors (Lipinski definition) is 5. The van der Waals surface area contributed by atoms with E-state index in [1.807, 2.05) is 6.92 Å². The van der Waals surface area contributed by atoms with E-state index in [-0.39, 0.29) is 25.6 Å². The third-order valence-corrected chi connectivity index (χ3v) is 3.65. The van der Waals surface area contributed by atoms with E-state index >= 15 is 0 Å². The van der Waals surface area contributed by atoms with Crippen LogP contribution in [0.1, 0.15) is 25.2 Å². The Morgan fingerprint density at radius 1 is 1.38 bits per heavy atom. The Kier molecular flexibility index (Phi) is 6.75. The molecule has 2 amide bonds. The fourth-order valence-corrected chi connectivity index (χ4v) is 2.20. The highest BCUT2D eigenvalue weighted by molar-refractivity contribution is 5.84. The van der Waals surface area contributed by atoms with Crippen molar-refractivity contribution in [1.82, 2.24) is 20.0 Å². The van der Waals surface area contributed by atoms with Crippen LogP contribution in [0.3, 0.4) is 0 Å². The Morgan fingerprint density at radius 3 is 2.46 bits per heavy atom. The number of carbonyl (C=O) groups excluding carboxylic acids is 2. The van der Waals surface area contributed by atoms with E-state index in [9.17, 15) is 14.4 Å². The maximum atomic E-state index is 12.4. The average molecular weight is 340 g/mol. The first-order chi connectivity index (χ1) is 11.1. The topological polar surface area (TPSA) is 114 Å². The van der Waals surface area contributed by atoms with Gasteiger partial charge in [-0.05, 0) is 20.8 Å². The molecule has 1 atom stereocenters. The predicted molar refractivity (Wildman–Crippen MR) is 85.7 cm³/mol. The Balaban J connectivity index is 2.76. The Hall–Kier alpha value is -2.58. The molecule has 1 unspecified atom stereocenters. The molecule has 0 radical (unpaired) electrons. The highest BCUT2D eigenvalue weighted by atomic mass is 16.5. The second-order valence-corrected chi connectivity index (χ2v) is 5.50. The molecule has 134 valence electrons. The van der Waals surface area contributed by atoms with Gasteiger partial charge in [0.1, 0.15) is 11.7 Å². The van der Waals surface area contributed by atoms with Gasteiger partial charge < -0.3 is 20.1 Å². The molecular weight excluding hydrogens is 316 g/mol. The van der Waals surface area contributed by atoms with Crippen LogP contribution < -0.4 is 10.1 Å². The molecule has 1 rings (SSSR count). The number of nitrogens with one attached hydrogen (secondary N) is 1. The van der Waals surface area contributed by atoms with Crippen molar-refractivity contribution in [1.29, 1.82) is 0 Å². The monoisotopic (exact) mass is 340 g/mol. The molecule has 24 heavy (non-hydrogen) atoms. The second kappa shape index (κ2) is 8.32. The number of nitrogens with zero attached hydrogens (tertiary/aromatic N) is 3. The lowest BCUT2D eigenvalue weighted by Gasteiger charge is -2.26. The lowest BCUT2D eigenvalue weighted by molar-refractivity contribution is -0.150. The first kappa shape index (κ1) is 19.5. The van der Waals surface area contributed by atoms with Crippen molar-refractivity contribution in [3.63, 3.8) is 0 Å². The molecular formula is C15H24N4O5. The summed E-state index contributed by atoms with van der Waals surface area (Å²) in [5.74, 6) is -1.34. The SMILES string of the molecule is CC(=O)NCCN(C(=O)COc1c(C)nn(C)c1C)C(C)C(=O)O. The molecule has 2 N–H and O–H groups in total. The van der Waals surface area contributed by atoms with Gasteiger partial charge in [-0.15, -0.1) is 0 Å². The molecule has 9 nitrogen and oxygen atoms in total. The smallest absolute Gasteiger partial charge is 0.326 e. The van der Waals surface area contributed by atoms with E-state index in [1.54, 1.807) is 18.7 Å². The molecule has 1 heterocycles. The molecule has 1 aromatic heterocycles. The number of rotatable bonds is 8. The Labute approximate surface area is 140 Å². The van der Waals surface area contributed by atoms with E-state index in [0.29, 0.717) is 11.4 Å². The Bertz CT molecular complexity index is 626. The van der Waals surface area contributed by atoms with Crippen LogP contribution in [0.4, 0.5) is 0 Å². The van der Waals surface area contributed by atoms with Crippen LogP contribution in [-0.4, -0.2) is 63.3 Å². The molecule has 0 bridgehead atoms. The van der Waals surface area contributed by atoms with Crippen LogP contribution in [0, 0.1) is 13.8 Å². The molecule has 0 saturated carbocycles. The highest BCUT2D eigenvalue weighted by Crippen LogP contribution is 2.21. The van der Waals surface area contributed by atoms with Gasteiger partial charge in [0.25, 0.3) is 5.91 Å². The van der Waals surface area contributed by atoms with Crippen LogP contribution in [-0.2, 0) is 21.4 Å². The molecule has 0 saturated heterocycles. The number of aromatic nitrogens is 2. The van der Waals surface area contributed by atoms with Crippen molar-refractivity contribution in [3.8, 4) is 5.75 Å². The summed E-state index contributed by atoms with van der Waals surface area (Å²) in [6.07, 6.45) is 0. The first-order valence-corrected chi connectivity index (χ1v) is 7.54. The Morgan fingerprint density at radius 2 is 2.00 bits per heavy atom. The molecule has 9 heteroatoms. The largest absolute Gasteiger partial charge is 0.480 e. The van der Waals surface area contributed by atoms with Gasteiger partial charge in [0.05, 0.1) is 5.69 Å². The minimum absolute atomic E-state index is 0.0836. The summed E-state index contributed by atoms with van der Waals surface area (Å²) in [6, 6.07) is -1.02. The van der Waals surface area contributed by atoms with Crippen LogP contribution >= 0.6 is 0 Å². The van der Waals surface area contributed by atoms with Crippen LogP contribution in [0.5, 0.6) is 5.75 Å². The predicted octanol–water partition coefficient (Wildman–Crippen LogP) is -0.146. The van der Waals surface area contributed by atoms with Crippen molar-refractivity contribution in [3.05, 3.63) is 11.4 Å². The van der Waals surface area contributed by atoms with E-state index < -0.39 is 17.9 Å². The van der Waals surface area contributed by atoms with Gasteiger partial charge in [-0.1, -0.05) is 0 Å². The van der Waals surface area contributed by atoms with Gasteiger partial charge in [0.15, 0.2) is 12.4 Å². The molecule has 0 aliphatic rings. The lowest BCUT2D eigenvalue weighted by Crippen LogP contribution is -2.48. The van der Waals surface area contributed by atoms with Crippen molar-refractivity contribution < 1.29 is 24.2 Å². The summed E-state index contributed by atoms with van der Waals surface area (Å²) < 4.78 is 7.18. The second-order valence-electron chi connectivity index (χ2n) is 5.50. The number of carboxylic acid groups (broad SMARTS) is 1. The summed E-state index contributed by atoms with van der Waals surface area (Å²) in [7, 11) is 1.77. The zero-order valence-electron chi connectivity index (χ0n) is 14.6. The minimum Gasteiger partial charge on any atom is -0.480 e. The average Bonchev–Trinajstić information content (AvgIpc) is 2.73. The van der Waals surface area contributed by atoms with Gasteiger partial charge >= 0.3 is 5.97 Å². The molecule has 1 aromatic rings. The normalized spacial score (nSPS) is 11.7. The number of carboxylic acids is 1. The number of aryl methyl sites for hydroxylation is 2. The standard InChI is InChI=1S/C15H24N4O5/c1-9-14(10(2)18(5)17-9)24-8-13(21)19(11(3)15(22)23)7-6-16-12(4)20/h11H,6-8H2,1-5H3,(H,16,20)(H,22,23). The fraction of sp³-hybridized carbons (Fsp3) is 0.600. The summed E-state index contributed by atoms with van der Waals surface area (Å²) in [5, 5.41) is 15.9. The number of ether oxygens (including phenoxy) is 1.